The van der Waals surface area contributed by atoms with E-state index in [1.807, 2.05) is 6.08 Å². The summed E-state index contributed by atoms with van der Waals surface area (Å²) in [7, 11) is 2.11. The van der Waals surface area contributed by atoms with Gasteiger partial charge in [0.1, 0.15) is 0 Å². The van der Waals surface area contributed by atoms with E-state index in [1.165, 1.54) is 18.6 Å². The highest BCUT2D eigenvalue weighted by Crippen LogP contribution is 2.36. The molecule has 154 valence electrons. The lowest BCUT2D eigenvalue weighted by atomic mass is 9.75. The number of hydrogen-bond donors (Lipinski definition) is 1. The molecule has 0 saturated carbocycles. The summed E-state index contributed by atoms with van der Waals surface area (Å²) >= 11 is 0. The molecule has 3 saturated heterocycles. The SMILES string of the molecule is C=CCN(C)C[C@@H]1CN2CC[C@H]1C[C@@H]2CNC(=O)c1ccc(C(F)(F)F)cc1. The van der Waals surface area contributed by atoms with E-state index in [-0.39, 0.29) is 11.5 Å². The lowest BCUT2D eigenvalue weighted by Crippen LogP contribution is -2.58. The van der Waals surface area contributed by atoms with Crippen LogP contribution in [0.4, 0.5) is 13.2 Å². The number of hydrogen-bond acceptors (Lipinski definition) is 3. The van der Waals surface area contributed by atoms with Crippen LogP contribution >= 0.6 is 0 Å². The van der Waals surface area contributed by atoms with Gasteiger partial charge >= 0.3 is 6.18 Å². The predicted octanol–water partition coefficient (Wildman–Crippen LogP) is 3.26. The summed E-state index contributed by atoms with van der Waals surface area (Å²) in [5, 5.41) is 2.90. The normalized spacial score (nSPS) is 27.0. The molecule has 0 aliphatic carbocycles. The van der Waals surface area contributed by atoms with E-state index in [9.17, 15) is 18.0 Å². The van der Waals surface area contributed by atoms with Crippen LogP contribution in [0.2, 0.25) is 0 Å². The molecule has 4 atom stereocenters. The molecule has 1 N–H and O–H groups in total. The Morgan fingerprint density at radius 3 is 2.64 bits per heavy atom. The van der Waals surface area contributed by atoms with Gasteiger partial charge in [-0.15, -0.1) is 6.58 Å². The van der Waals surface area contributed by atoms with Crippen LogP contribution in [0.1, 0.15) is 28.8 Å². The zero-order chi connectivity index (χ0) is 20.3. The molecule has 1 unspecified atom stereocenters. The maximum absolute atomic E-state index is 12.6. The Balaban J connectivity index is 1.50. The molecule has 1 aromatic rings. The fourth-order valence-electron chi connectivity index (χ4n) is 4.49. The Bertz CT molecular complexity index is 689. The van der Waals surface area contributed by atoms with Crippen molar-refractivity contribution in [2.45, 2.75) is 25.1 Å². The second kappa shape index (κ2) is 8.66. The van der Waals surface area contributed by atoms with E-state index < -0.39 is 11.7 Å². The van der Waals surface area contributed by atoms with Crippen molar-refractivity contribution in [2.75, 3.05) is 39.8 Å². The third-order valence-corrected chi connectivity index (χ3v) is 5.97. The lowest BCUT2D eigenvalue weighted by Gasteiger charge is -2.50. The Morgan fingerprint density at radius 2 is 2.07 bits per heavy atom. The van der Waals surface area contributed by atoms with Crippen molar-refractivity contribution in [1.29, 1.82) is 0 Å². The van der Waals surface area contributed by atoms with Crippen molar-refractivity contribution in [3.63, 3.8) is 0 Å². The minimum Gasteiger partial charge on any atom is -0.350 e. The molecule has 3 aliphatic heterocycles. The monoisotopic (exact) mass is 395 g/mol. The second-order valence-electron chi connectivity index (χ2n) is 7.99. The highest BCUT2D eigenvalue weighted by molar-refractivity contribution is 5.94. The van der Waals surface area contributed by atoms with E-state index in [0.717, 1.165) is 44.7 Å². The van der Waals surface area contributed by atoms with Gasteiger partial charge in [0.25, 0.3) is 5.91 Å². The number of halogens is 3. The van der Waals surface area contributed by atoms with Crippen molar-refractivity contribution in [3.8, 4) is 0 Å². The number of benzene rings is 1. The number of nitrogens with zero attached hydrogens (tertiary/aromatic N) is 2. The molecule has 1 aromatic carbocycles. The maximum atomic E-state index is 12.6. The Kier molecular flexibility index (Phi) is 6.45. The maximum Gasteiger partial charge on any atom is 0.416 e. The van der Waals surface area contributed by atoms with Gasteiger partial charge in [-0.1, -0.05) is 6.08 Å². The number of likely N-dealkylation sites (N-methyl/N-ethyl adjacent to an activating group) is 1. The van der Waals surface area contributed by atoms with Crippen LogP contribution in [0.5, 0.6) is 0 Å². The molecule has 2 bridgehead atoms. The van der Waals surface area contributed by atoms with Crippen LogP contribution in [0.25, 0.3) is 0 Å². The minimum atomic E-state index is -4.39. The molecule has 7 heteroatoms. The van der Waals surface area contributed by atoms with Crippen molar-refractivity contribution >= 4 is 5.91 Å². The zero-order valence-electron chi connectivity index (χ0n) is 16.2. The summed E-state index contributed by atoms with van der Waals surface area (Å²) in [4.78, 5) is 17.0. The highest BCUT2D eigenvalue weighted by atomic mass is 19.4. The van der Waals surface area contributed by atoms with E-state index >= 15 is 0 Å². The molecule has 0 aromatic heterocycles. The number of carbonyl (C=O) groups is 1. The van der Waals surface area contributed by atoms with Crippen molar-refractivity contribution in [2.24, 2.45) is 11.8 Å². The summed E-state index contributed by atoms with van der Waals surface area (Å²) in [6, 6.07) is 4.67. The van der Waals surface area contributed by atoms with E-state index in [4.69, 9.17) is 0 Å². The standard InChI is InChI=1S/C21H28F3N3O/c1-3-9-26(2)13-17-14-27-10-8-16(17)11-19(27)12-25-20(28)15-4-6-18(7-5-15)21(22,23)24/h3-7,16-17,19H,1,8-14H2,2H3,(H,25,28)/t16-,17+,19+/m0/s1. The van der Waals surface area contributed by atoms with E-state index in [1.54, 1.807) is 0 Å². The summed E-state index contributed by atoms with van der Waals surface area (Å²) < 4.78 is 37.9. The number of nitrogens with one attached hydrogen (secondary N) is 1. The molecule has 3 heterocycles. The Morgan fingerprint density at radius 1 is 1.36 bits per heavy atom. The molecule has 28 heavy (non-hydrogen) atoms. The van der Waals surface area contributed by atoms with Gasteiger partial charge in [-0.25, -0.2) is 0 Å². The van der Waals surface area contributed by atoms with Crippen molar-refractivity contribution in [1.82, 2.24) is 15.1 Å². The molecule has 4 rings (SSSR count). The van der Waals surface area contributed by atoms with Gasteiger partial charge in [-0.3, -0.25) is 9.69 Å². The molecule has 3 aliphatic rings. The number of rotatable bonds is 7. The van der Waals surface area contributed by atoms with Crippen LogP contribution in [-0.4, -0.2) is 61.5 Å². The molecular formula is C21H28F3N3O. The van der Waals surface area contributed by atoms with Gasteiger partial charge in [0, 0.05) is 37.8 Å². The van der Waals surface area contributed by atoms with Gasteiger partial charge < -0.3 is 10.2 Å². The lowest BCUT2D eigenvalue weighted by molar-refractivity contribution is -0.137. The van der Waals surface area contributed by atoms with Gasteiger partial charge in [-0.05, 0) is 62.5 Å². The predicted molar refractivity (Wildman–Crippen MR) is 103 cm³/mol. The third-order valence-electron chi connectivity index (χ3n) is 5.97. The van der Waals surface area contributed by atoms with Gasteiger partial charge in [-0.2, -0.15) is 13.2 Å². The Labute approximate surface area is 164 Å². The van der Waals surface area contributed by atoms with Crippen LogP contribution in [0, 0.1) is 11.8 Å². The summed E-state index contributed by atoms with van der Waals surface area (Å²) in [6.07, 6.45) is -0.226. The number of fused-ring (bicyclic) bond motifs is 3. The van der Waals surface area contributed by atoms with Gasteiger partial charge in [0.15, 0.2) is 0 Å². The number of piperidine rings is 3. The molecule has 1 amide bonds. The first-order valence-corrected chi connectivity index (χ1v) is 9.77. The van der Waals surface area contributed by atoms with E-state index in [0.29, 0.717) is 24.4 Å². The smallest absolute Gasteiger partial charge is 0.350 e. The zero-order valence-corrected chi connectivity index (χ0v) is 16.2. The number of amides is 1. The first kappa shape index (κ1) is 20.9. The number of carbonyl (C=O) groups excluding carboxylic acids is 1. The Hall–Kier alpha value is -1.86. The highest BCUT2D eigenvalue weighted by Gasteiger charge is 2.40. The average molecular weight is 395 g/mol. The minimum absolute atomic E-state index is 0.257. The van der Waals surface area contributed by atoms with Gasteiger partial charge in [0.2, 0.25) is 0 Å². The summed E-state index contributed by atoms with van der Waals surface area (Å²) in [6.45, 7) is 8.34. The van der Waals surface area contributed by atoms with Gasteiger partial charge in [0.05, 0.1) is 5.56 Å². The molecule has 0 radical (unpaired) electrons. The molecule has 4 nitrogen and oxygen atoms in total. The first-order valence-electron chi connectivity index (χ1n) is 9.77. The summed E-state index contributed by atoms with van der Waals surface area (Å²) in [5.74, 6) is 0.976. The van der Waals surface area contributed by atoms with Crippen molar-refractivity contribution < 1.29 is 18.0 Å². The largest absolute Gasteiger partial charge is 0.416 e. The average Bonchev–Trinajstić information content (AvgIpc) is 2.66. The third kappa shape index (κ3) is 4.94. The van der Waals surface area contributed by atoms with Crippen LogP contribution in [0.3, 0.4) is 0 Å². The first-order chi connectivity index (χ1) is 13.3. The van der Waals surface area contributed by atoms with Crippen LogP contribution < -0.4 is 5.32 Å². The molecule has 3 fully saturated rings. The second-order valence-corrected chi connectivity index (χ2v) is 7.99. The summed E-state index contributed by atoms with van der Waals surface area (Å²) in [5.41, 5.74) is -0.486. The quantitative estimate of drug-likeness (QED) is 0.720. The topological polar surface area (TPSA) is 35.6 Å². The van der Waals surface area contributed by atoms with Crippen molar-refractivity contribution in [3.05, 3.63) is 48.0 Å². The molecule has 0 spiro atoms. The fourth-order valence-corrected chi connectivity index (χ4v) is 4.49. The fraction of sp³-hybridized carbons (Fsp3) is 0.571. The molecular weight excluding hydrogens is 367 g/mol. The number of alkyl halides is 3. The van der Waals surface area contributed by atoms with E-state index in [2.05, 4.69) is 28.7 Å². The van der Waals surface area contributed by atoms with Crippen LogP contribution in [-0.2, 0) is 6.18 Å². The van der Waals surface area contributed by atoms with Crippen LogP contribution in [0.15, 0.2) is 36.9 Å².